The van der Waals surface area contributed by atoms with Crippen molar-refractivity contribution in [3.8, 4) is 0 Å². The first-order valence-electron chi connectivity index (χ1n) is 8.73. The molecule has 0 aromatic heterocycles. The molecule has 0 aliphatic rings. The lowest BCUT2D eigenvalue weighted by molar-refractivity contribution is -0.117. The molecule has 27 heavy (non-hydrogen) atoms. The molecule has 3 aromatic carbocycles. The maximum Gasteiger partial charge on any atom is 0.231 e. The first-order chi connectivity index (χ1) is 13.0. The summed E-state index contributed by atoms with van der Waals surface area (Å²) < 4.78 is 13.7. The monoisotopic (exact) mass is 361 g/mol. The van der Waals surface area contributed by atoms with Gasteiger partial charge in [0.2, 0.25) is 5.91 Å². The van der Waals surface area contributed by atoms with Crippen molar-refractivity contribution in [2.75, 3.05) is 5.32 Å². The topological polar surface area (TPSA) is 46.2 Å². The molecule has 0 saturated heterocycles. The average Bonchev–Trinajstić information content (AvgIpc) is 2.71. The fourth-order valence-corrected chi connectivity index (χ4v) is 2.84. The summed E-state index contributed by atoms with van der Waals surface area (Å²) >= 11 is 0. The summed E-state index contributed by atoms with van der Waals surface area (Å²) in [5.41, 5.74) is 2.69. The van der Waals surface area contributed by atoms with Crippen LogP contribution in [0, 0.1) is 12.7 Å². The lowest BCUT2D eigenvalue weighted by Crippen LogP contribution is -2.20. The van der Waals surface area contributed by atoms with Crippen LogP contribution in [0.3, 0.4) is 0 Å². The van der Waals surface area contributed by atoms with Gasteiger partial charge in [0.25, 0.3) is 0 Å². The molecule has 0 saturated carbocycles. The second kappa shape index (κ2) is 7.96. The lowest BCUT2D eigenvalue weighted by Gasteiger charge is -2.15. The van der Waals surface area contributed by atoms with E-state index in [0.29, 0.717) is 22.4 Å². The zero-order valence-electron chi connectivity index (χ0n) is 15.2. The van der Waals surface area contributed by atoms with E-state index in [-0.39, 0.29) is 17.5 Å². The Morgan fingerprint density at radius 2 is 1.56 bits per heavy atom. The standard InChI is InChI=1S/C23H20FNO2/c1-15(23(27)25-21-13-7-12-20(24)16(21)2)18-10-6-11-19(14-18)22(26)17-8-4-3-5-9-17/h3-15H,1-2H3,(H,25,27)/t15-/m1/s1. The van der Waals surface area contributed by atoms with E-state index in [2.05, 4.69) is 5.32 Å². The van der Waals surface area contributed by atoms with E-state index in [1.165, 1.54) is 6.07 Å². The average molecular weight is 361 g/mol. The number of halogens is 1. The van der Waals surface area contributed by atoms with E-state index >= 15 is 0 Å². The molecular weight excluding hydrogens is 341 g/mol. The third kappa shape index (κ3) is 4.11. The molecule has 0 unspecified atom stereocenters. The van der Waals surface area contributed by atoms with Gasteiger partial charge < -0.3 is 5.32 Å². The number of carbonyl (C=O) groups is 2. The van der Waals surface area contributed by atoms with Crippen LogP contribution in [0.5, 0.6) is 0 Å². The van der Waals surface area contributed by atoms with E-state index in [1.54, 1.807) is 56.3 Å². The third-order valence-electron chi connectivity index (χ3n) is 4.60. The van der Waals surface area contributed by atoms with Gasteiger partial charge in [-0.1, -0.05) is 54.6 Å². The molecule has 0 heterocycles. The Morgan fingerprint density at radius 3 is 2.30 bits per heavy atom. The van der Waals surface area contributed by atoms with Crippen molar-refractivity contribution >= 4 is 17.4 Å². The molecular formula is C23H20FNO2. The lowest BCUT2D eigenvalue weighted by atomic mass is 9.95. The molecule has 1 atom stereocenters. The predicted octanol–water partition coefficient (Wildman–Crippen LogP) is 5.11. The molecule has 1 N–H and O–H groups in total. The van der Waals surface area contributed by atoms with Gasteiger partial charge in [0.1, 0.15) is 5.82 Å². The van der Waals surface area contributed by atoms with E-state index in [9.17, 15) is 14.0 Å². The van der Waals surface area contributed by atoms with Gasteiger partial charge >= 0.3 is 0 Å². The van der Waals surface area contributed by atoms with Gasteiger partial charge in [0, 0.05) is 22.4 Å². The van der Waals surface area contributed by atoms with Crippen LogP contribution in [0.15, 0.2) is 72.8 Å². The first kappa shape index (κ1) is 18.5. The molecule has 0 aliphatic carbocycles. The van der Waals surface area contributed by atoms with Crippen LogP contribution in [0.1, 0.15) is 39.9 Å². The number of benzene rings is 3. The molecule has 4 heteroatoms. The van der Waals surface area contributed by atoms with Crippen LogP contribution < -0.4 is 5.32 Å². The maximum atomic E-state index is 13.7. The van der Waals surface area contributed by atoms with Crippen molar-refractivity contribution in [2.24, 2.45) is 0 Å². The van der Waals surface area contributed by atoms with Crippen molar-refractivity contribution in [1.29, 1.82) is 0 Å². The Kier molecular flexibility index (Phi) is 5.46. The van der Waals surface area contributed by atoms with Crippen molar-refractivity contribution in [3.05, 3.63) is 101 Å². The second-order valence-electron chi connectivity index (χ2n) is 6.44. The highest BCUT2D eigenvalue weighted by Crippen LogP contribution is 2.23. The molecule has 0 radical (unpaired) electrons. The third-order valence-corrected chi connectivity index (χ3v) is 4.60. The minimum Gasteiger partial charge on any atom is -0.325 e. The molecule has 0 aliphatic heterocycles. The fraction of sp³-hybridized carbons (Fsp3) is 0.130. The largest absolute Gasteiger partial charge is 0.325 e. The van der Waals surface area contributed by atoms with Crippen molar-refractivity contribution in [1.82, 2.24) is 0 Å². The number of carbonyl (C=O) groups excluding carboxylic acids is 2. The van der Waals surface area contributed by atoms with Gasteiger partial charge in [0.05, 0.1) is 5.92 Å². The molecule has 0 fully saturated rings. The summed E-state index contributed by atoms with van der Waals surface area (Å²) in [5.74, 6) is -1.20. The maximum absolute atomic E-state index is 13.7. The fourth-order valence-electron chi connectivity index (χ4n) is 2.84. The Hall–Kier alpha value is -3.27. The summed E-state index contributed by atoms with van der Waals surface area (Å²) in [6.45, 7) is 3.38. The zero-order valence-corrected chi connectivity index (χ0v) is 15.2. The van der Waals surface area contributed by atoms with Gasteiger partial charge in [0.15, 0.2) is 5.78 Å². The molecule has 1 amide bonds. The van der Waals surface area contributed by atoms with Gasteiger partial charge in [-0.3, -0.25) is 9.59 Å². The highest BCUT2D eigenvalue weighted by molar-refractivity contribution is 6.09. The normalized spacial score (nSPS) is 11.7. The minimum absolute atomic E-state index is 0.0916. The highest BCUT2D eigenvalue weighted by atomic mass is 19.1. The number of amides is 1. The summed E-state index contributed by atoms with van der Waals surface area (Å²) in [5, 5.41) is 2.77. The first-order valence-corrected chi connectivity index (χ1v) is 8.73. The molecule has 3 rings (SSSR count). The highest BCUT2D eigenvalue weighted by Gasteiger charge is 2.18. The Balaban J connectivity index is 1.81. The van der Waals surface area contributed by atoms with Crippen molar-refractivity contribution in [2.45, 2.75) is 19.8 Å². The van der Waals surface area contributed by atoms with Crippen LogP contribution in [-0.4, -0.2) is 11.7 Å². The van der Waals surface area contributed by atoms with E-state index < -0.39 is 5.92 Å². The molecule has 3 nitrogen and oxygen atoms in total. The molecule has 136 valence electrons. The van der Waals surface area contributed by atoms with E-state index in [4.69, 9.17) is 0 Å². The molecule has 3 aromatic rings. The molecule has 0 spiro atoms. The van der Waals surface area contributed by atoms with Gasteiger partial charge in [-0.2, -0.15) is 0 Å². The number of hydrogen-bond donors (Lipinski definition) is 1. The predicted molar refractivity (Wildman–Crippen MR) is 104 cm³/mol. The zero-order chi connectivity index (χ0) is 19.4. The summed E-state index contributed by atoms with van der Waals surface area (Å²) in [4.78, 5) is 25.2. The van der Waals surface area contributed by atoms with Crippen molar-refractivity contribution in [3.63, 3.8) is 0 Å². The SMILES string of the molecule is Cc1c(F)cccc1NC(=O)[C@H](C)c1cccc(C(=O)c2ccccc2)c1. The number of ketones is 1. The van der Waals surface area contributed by atoms with Gasteiger partial charge in [-0.05, 0) is 37.6 Å². The van der Waals surface area contributed by atoms with Crippen LogP contribution in [0.25, 0.3) is 0 Å². The summed E-state index contributed by atoms with van der Waals surface area (Å²) in [6, 6.07) is 20.6. The Labute approximate surface area is 157 Å². The van der Waals surface area contributed by atoms with Crippen LogP contribution in [-0.2, 0) is 4.79 Å². The van der Waals surface area contributed by atoms with Crippen LogP contribution >= 0.6 is 0 Å². The second-order valence-corrected chi connectivity index (χ2v) is 6.44. The Bertz CT molecular complexity index is 983. The van der Waals surface area contributed by atoms with Crippen LogP contribution in [0.2, 0.25) is 0 Å². The number of nitrogens with one attached hydrogen (secondary N) is 1. The summed E-state index contributed by atoms with van der Waals surface area (Å²) in [7, 11) is 0. The minimum atomic E-state index is -0.490. The number of hydrogen-bond acceptors (Lipinski definition) is 2. The quantitative estimate of drug-likeness (QED) is 0.642. The van der Waals surface area contributed by atoms with E-state index in [0.717, 1.165) is 5.56 Å². The molecule has 0 bridgehead atoms. The number of rotatable bonds is 5. The van der Waals surface area contributed by atoms with Crippen molar-refractivity contribution < 1.29 is 14.0 Å². The van der Waals surface area contributed by atoms with Crippen LogP contribution in [0.4, 0.5) is 10.1 Å². The summed E-state index contributed by atoms with van der Waals surface area (Å²) in [6.07, 6.45) is 0. The number of anilines is 1. The van der Waals surface area contributed by atoms with Gasteiger partial charge in [-0.15, -0.1) is 0 Å². The Morgan fingerprint density at radius 1 is 0.889 bits per heavy atom. The van der Waals surface area contributed by atoms with Gasteiger partial charge in [-0.25, -0.2) is 4.39 Å². The van der Waals surface area contributed by atoms with E-state index in [1.807, 2.05) is 24.3 Å². The smallest absolute Gasteiger partial charge is 0.231 e.